The van der Waals surface area contributed by atoms with Gasteiger partial charge in [0.1, 0.15) is 0 Å². The van der Waals surface area contributed by atoms with Gasteiger partial charge in [-0.3, -0.25) is 9.59 Å². The number of aryl methyl sites for hydroxylation is 3. The van der Waals surface area contributed by atoms with Crippen LogP contribution in [0.5, 0.6) is 0 Å². The summed E-state index contributed by atoms with van der Waals surface area (Å²) in [7, 11) is 1.42. The Morgan fingerprint density at radius 2 is 1.58 bits per heavy atom. The SMILES string of the molecule is COC(=O)CCc1ccc2c(c1)c(CCc1ccccc1)cn2-c1ccc(NC(=O)C(C)(C)C)cc1. The molecular weight excluding hydrogens is 448 g/mol. The zero-order valence-electron chi connectivity index (χ0n) is 21.5. The first kappa shape index (κ1) is 25.2. The molecule has 3 aromatic carbocycles. The minimum atomic E-state index is -0.450. The van der Waals surface area contributed by atoms with E-state index in [-0.39, 0.29) is 11.9 Å². The van der Waals surface area contributed by atoms with Gasteiger partial charge in [-0.2, -0.15) is 0 Å². The van der Waals surface area contributed by atoms with Gasteiger partial charge in [0.2, 0.25) is 5.91 Å². The van der Waals surface area contributed by atoms with Crippen molar-refractivity contribution in [1.82, 2.24) is 4.57 Å². The van der Waals surface area contributed by atoms with E-state index in [0.29, 0.717) is 12.8 Å². The third-order valence-electron chi connectivity index (χ3n) is 6.41. The van der Waals surface area contributed by atoms with E-state index in [1.165, 1.54) is 23.6 Å². The van der Waals surface area contributed by atoms with Gasteiger partial charge in [-0.1, -0.05) is 57.2 Å². The number of rotatable bonds is 8. The first-order valence-corrected chi connectivity index (χ1v) is 12.4. The number of nitrogens with one attached hydrogen (secondary N) is 1. The Kier molecular flexibility index (Phi) is 7.58. The van der Waals surface area contributed by atoms with E-state index in [1.807, 2.05) is 51.1 Å². The molecule has 36 heavy (non-hydrogen) atoms. The van der Waals surface area contributed by atoms with Gasteiger partial charge in [-0.15, -0.1) is 0 Å². The molecule has 0 aliphatic rings. The van der Waals surface area contributed by atoms with E-state index < -0.39 is 5.41 Å². The normalized spacial score (nSPS) is 11.4. The fourth-order valence-corrected chi connectivity index (χ4v) is 4.21. The number of carbonyl (C=O) groups is 2. The zero-order chi connectivity index (χ0) is 25.7. The maximum Gasteiger partial charge on any atom is 0.305 e. The van der Waals surface area contributed by atoms with Crippen LogP contribution in [-0.2, 0) is 33.6 Å². The van der Waals surface area contributed by atoms with E-state index in [9.17, 15) is 9.59 Å². The average molecular weight is 483 g/mol. The topological polar surface area (TPSA) is 60.3 Å². The second kappa shape index (κ2) is 10.8. The maximum atomic E-state index is 12.4. The van der Waals surface area contributed by atoms with Crippen molar-refractivity contribution >= 4 is 28.5 Å². The van der Waals surface area contributed by atoms with Crippen LogP contribution in [-0.4, -0.2) is 23.6 Å². The van der Waals surface area contributed by atoms with Crippen LogP contribution in [0.4, 0.5) is 5.69 Å². The van der Waals surface area contributed by atoms with E-state index in [4.69, 9.17) is 4.74 Å². The predicted octanol–water partition coefficient (Wildman–Crippen LogP) is 6.51. The van der Waals surface area contributed by atoms with Gasteiger partial charge in [0, 0.05) is 34.8 Å². The highest BCUT2D eigenvalue weighted by Crippen LogP contribution is 2.29. The number of nitrogens with zero attached hydrogens (tertiary/aromatic N) is 1. The molecule has 1 amide bonds. The first-order chi connectivity index (χ1) is 17.2. The lowest BCUT2D eigenvalue weighted by Crippen LogP contribution is -2.27. The lowest BCUT2D eigenvalue weighted by atomic mass is 9.95. The number of anilines is 1. The summed E-state index contributed by atoms with van der Waals surface area (Å²) in [6.07, 6.45) is 5.08. The van der Waals surface area contributed by atoms with Crippen LogP contribution in [0.3, 0.4) is 0 Å². The van der Waals surface area contributed by atoms with Crippen molar-refractivity contribution in [3.63, 3.8) is 0 Å². The summed E-state index contributed by atoms with van der Waals surface area (Å²) in [4.78, 5) is 24.0. The predicted molar refractivity (Wildman–Crippen MR) is 146 cm³/mol. The van der Waals surface area contributed by atoms with Gasteiger partial charge in [0.25, 0.3) is 0 Å². The van der Waals surface area contributed by atoms with Crippen LogP contribution in [0.1, 0.15) is 43.9 Å². The quantitative estimate of drug-likeness (QED) is 0.291. The summed E-state index contributed by atoms with van der Waals surface area (Å²) in [6, 6.07) is 24.9. The molecule has 0 atom stereocenters. The lowest BCUT2D eigenvalue weighted by molar-refractivity contribution is -0.140. The molecule has 0 aliphatic carbocycles. The Balaban J connectivity index is 1.65. The summed E-state index contributed by atoms with van der Waals surface area (Å²) >= 11 is 0. The van der Waals surface area contributed by atoms with Crippen molar-refractivity contribution in [3.8, 4) is 5.69 Å². The zero-order valence-corrected chi connectivity index (χ0v) is 21.5. The first-order valence-electron chi connectivity index (χ1n) is 12.4. The van der Waals surface area contributed by atoms with Gasteiger partial charge < -0.3 is 14.6 Å². The largest absolute Gasteiger partial charge is 0.469 e. The molecule has 5 nitrogen and oxygen atoms in total. The summed E-state index contributed by atoms with van der Waals surface area (Å²) in [5, 5.41) is 4.18. The molecule has 1 N–H and O–H groups in total. The standard InChI is InChI=1S/C31H34N2O3/c1-31(2,3)30(35)32-25-14-16-26(17-15-25)33-21-24(13-10-22-8-6-5-7-9-22)27-20-23(11-18-28(27)33)12-19-29(34)36-4/h5-9,11,14-18,20-21H,10,12-13,19H2,1-4H3,(H,32,35). The highest BCUT2D eigenvalue weighted by Gasteiger charge is 2.21. The Bertz CT molecular complexity index is 1350. The summed E-state index contributed by atoms with van der Waals surface area (Å²) in [5.74, 6) is -0.208. The summed E-state index contributed by atoms with van der Waals surface area (Å²) < 4.78 is 7.02. The Morgan fingerprint density at radius 3 is 2.25 bits per heavy atom. The van der Waals surface area contributed by atoms with Gasteiger partial charge in [-0.05, 0) is 72.4 Å². The van der Waals surface area contributed by atoms with Crippen molar-refractivity contribution in [2.75, 3.05) is 12.4 Å². The molecule has 4 aromatic rings. The van der Waals surface area contributed by atoms with E-state index in [1.54, 1.807) is 0 Å². The van der Waals surface area contributed by atoms with Crippen molar-refractivity contribution in [2.24, 2.45) is 5.41 Å². The van der Waals surface area contributed by atoms with Crippen LogP contribution < -0.4 is 5.32 Å². The molecule has 0 saturated carbocycles. The van der Waals surface area contributed by atoms with E-state index >= 15 is 0 Å². The van der Waals surface area contributed by atoms with Crippen LogP contribution >= 0.6 is 0 Å². The molecule has 0 aliphatic heterocycles. The number of aromatic nitrogens is 1. The van der Waals surface area contributed by atoms with Crippen molar-refractivity contribution in [3.05, 3.63) is 95.7 Å². The molecule has 0 radical (unpaired) electrons. The molecule has 5 heteroatoms. The molecular formula is C31H34N2O3. The number of hydrogen-bond donors (Lipinski definition) is 1. The van der Waals surface area contributed by atoms with E-state index in [0.717, 1.165) is 35.3 Å². The molecule has 1 heterocycles. The summed E-state index contributed by atoms with van der Waals surface area (Å²) in [5.41, 5.74) is 6.16. The Hall–Kier alpha value is -3.86. The maximum absolute atomic E-state index is 12.4. The highest BCUT2D eigenvalue weighted by atomic mass is 16.5. The van der Waals surface area contributed by atoms with Gasteiger partial charge in [0.05, 0.1) is 12.6 Å². The number of ether oxygens (including phenoxy) is 1. The third kappa shape index (κ3) is 6.03. The molecule has 0 unspecified atom stereocenters. The number of amides is 1. The molecule has 0 saturated heterocycles. The van der Waals surface area contributed by atoms with Crippen LogP contribution in [0.2, 0.25) is 0 Å². The molecule has 4 rings (SSSR count). The minimum Gasteiger partial charge on any atom is -0.469 e. The number of hydrogen-bond acceptors (Lipinski definition) is 3. The lowest BCUT2D eigenvalue weighted by Gasteiger charge is -2.17. The van der Waals surface area contributed by atoms with Gasteiger partial charge in [-0.25, -0.2) is 0 Å². The second-order valence-electron chi connectivity index (χ2n) is 10.2. The number of methoxy groups -OCH3 is 1. The highest BCUT2D eigenvalue weighted by molar-refractivity contribution is 5.94. The van der Waals surface area contributed by atoms with Crippen LogP contribution in [0.15, 0.2) is 79.0 Å². The smallest absolute Gasteiger partial charge is 0.305 e. The molecule has 0 bridgehead atoms. The number of esters is 1. The summed E-state index contributed by atoms with van der Waals surface area (Å²) in [6.45, 7) is 5.71. The number of benzene rings is 3. The Labute approximate surface area is 213 Å². The van der Waals surface area contributed by atoms with Crippen LogP contribution in [0, 0.1) is 5.41 Å². The Morgan fingerprint density at radius 1 is 0.861 bits per heavy atom. The fraction of sp³-hybridized carbons (Fsp3) is 0.290. The number of carbonyl (C=O) groups excluding carboxylic acids is 2. The molecule has 186 valence electrons. The monoisotopic (exact) mass is 482 g/mol. The second-order valence-corrected chi connectivity index (χ2v) is 10.2. The van der Waals surface area contributed by atoms with Crippen molar-refractivity contribution in [1.29, 1.82) is 0 Å². The van der Waals surface area contributed by atoms with Gasteiger partial charge >= 0.3 is 5.97 Å². The van der Waals surface area contributed by atoms with Gasteiger partial charge in [0.15, 0.2) is 0 Å². The number of fused-ring (bicyclic) bond motifs is 1. The molecule has 0 fully saturated rings. The van der Waals surface area contributed by atoms with E-state index in [2.05, 4.69) is 58.5 Å². The third-order valence-corrected chi connectivity index (χ3v) is 6.41. The molecule has 0 spiro atoms. The van der Waals surface area contributed by atoms with Crippen LogP contribution in [0.25, 0.3) is 16.6 Å². The molecule has 1 aromatic heterocycles. The fourth-order valence-electron chi connectivity index (χ4n) is 4.21. The van der Waals surface area contributed by atoms with Crippen molar-refractivity contribution in [2.45, 2.75) is 46.5 Å². The van der Waals surface area contributed by atoms with Crippen molar-refractivity contribution < 1.29 is 14.3 Å². The average Bonchev–Trinajstić information content (AvgIpc) is 3.24. The minimum absolute atomic E-state index is 0.00986.